The highest BCUT2D eigenvalue weighted by Crippen LogP contribution is 2.16. The van der Waals surface area contributed by atoms with Crippen molar-refractivity contribution >= 4 is 51.8 Å². The number of nitrogens with zero attached hydrogens (tertiary/aromatic N) is 4. The van der Waals surface area contributed by atoms with Gasteiger partial charge in [-0.1, -0.05) is 24.3 Å². The van der Waals surface area contributed by atoms with E-state index in [0.29, 0.717) is 19.5 Å². The van der Waals surface area contributed by atoms with Crippen molar-refractivity contribution in [1.29, 1.82) is 0 Å². The number of halogens is 2. The Labute approximate surface area is 198 Å². The van der Waals surface area contributed by atoms with Crippen molar-refractivity contribution in [3.05, 3.63) is 57.8 Å². The molecule has 1 saturated heterocycles. The van der Waals surface area contributed by atoms with E-state index in [9.17, 15) is 4.79 Å². The van der Waals surface area contributed by atoms with Crippen LogP contribution in [0.1, 0.15) is 29.7 Å². The predicted octanol–water partition coefficient (Wildman–Crippen LogP) is 3.74. The Morgan fingerprint density at radius 1 is 1.28 bits per heavy atom. The van der Waals surface area contributed by atoms with E-state index in [1.807, 2.05) is 19.0 Å². The molecule has 0 saturated carbocycles. The summed E-state index contributed by atoms with van der Waals surface area (Å²) in [6, 6.07) is 10.6. The summed E-state index contributed by atoms with van der Waals surface area (Å²) in [4.78, 5) is 20.2. The minimum Gasteiger partial charge on any atom is -0.352 e. The number of carbonyl (C=O) groups excluding carboxylic acids is 1. The summed E-state index contributed by atoms with van der Waals surface area (Å²) in [5, 5.41) is 3.42. The molecule has 2 aromatic rings. The second-order valence-corrected chi connectivity index (χ2v) is 8.17. The van der Waals surface area contributed by atoms with Gasteiger partial charge in [0.2, 0.25) is 5.91 Å². The predicted molar refractivity (Wildman–Crippen MR) is 131 cm³/mol. The van der Waals surface area contributed by atoms with Gasteiger partial charge < -0.3 is 19.7 Å². The second-order valence-electron chi connectivity index (χ2n) is 7.25. The fraction of sp³-hybridized carbons (Fsp3) is 0.429. The Hall–Kier alpha value is -1.55. The number of guanidine groups is 1. The van der Waals surface area contributed by atoms with Gasteiger partial charge in [-0.3, -0.25) is 9.79 Å². The fourth-order valence-corrected chi connectivity index (χ4v) is 4.03. The number of nitrogens with one attached hydrogen (secondary N) is 1. The largest absolute Gasteiger partial charge is 0.352 e. The summed E-state index contributed by atoms with van der Waals surface area (Å²) >= 11 is 3.52. The van der Waals surface area contributed by atoms with Crippen molar-refractivity contribution in [3.8, 4) is 0 Å². The molecule has 6 nitrogen and oxygen atoms in total. The van der Waals surface area contributed by atoms with E-state index in [1.54, 1.807) is 7.05 Å². The van der Waals surface area contributed by atoms with Crippen molar-refractivity contribution in [1.82, 2.24) is 19.7 Å². The van der Waals surface area contributed by atoms with Gasteiger partial charge in [0.05, 0.1) is 6.54 Å². The van der Waals surface area contributed by atoms with Gasteiger partial charge in [-0.15, -0.1) is 24.0 Å². The lowest BCUT2D eigenvalue weighted by atomic mass is 10.1. The van der Waals surface area contributed by atoms with E-state index >= 15 is 0 Å². The van der Waals surface area contributed by atoms with Crippen LogP contribution in [0.5, 0.6) is 0 Å². The number of benzene rings is 1. The van der Waals surface area contributed by atoms with Gasteiger partial charge in [0.15, 0.2) is 5.96 Å². The highest BCUT2D eigenvalue weighted by atomic mass is 127. The monoisotopic (exact) mass is 573 g/mol. The maximum atomic E-state index is 11.8. The lowest BCUT2D eigenvalue weighted by Crippen LogP contribution is -2.38. The van der Waals surface area contributed by atoms with Gasteiger partial charge in [-0.2, -0.15) is 0 Å². The Morgan fingerprint density at radius 3 is 2.52 bits per heavy atom. The lowest BCUT2D eigenvalue weighted by Gasteiger charge is -2.22. The number of carbonyl (C=O) groups is 1. The molecule has 0 unspecified atom stereocenters. The normalized spacial score (nSPS) is 14.1. The number of aromatic nitrogens is 1. The SMILES string of the molecule is CN=C(NCc1ccc(CN2CCCC2=O)cc1)N(C)Cc1cc(Br)cn1C.I. The average Bonchev–Trinajstić information content (AvgIpc) is 3.21. The molecule has 1 aromatic heterocycles. The molecule has 158 valence electrons. The summed E-state index contributed by atoms with van der Waals surface area (Å²) in [6.45, 7) is 3.06. The maximum Gasteiger partial charge on any atom is 0.222 e. The molecule has 1 amide bonds. The molecule has 0 atom stereocenters. The zero-order chi connectivity index (χ0) is 20.1. The first-order valence-corrected chi connectivity index (χ1v) is 10.3. The van der Waals surface area contributed by atoms with Crippen molar-refractivity contribution in [2.75, 3.05) is 20.6 Å². The van der Waals surface area contributed by atoms with Gasteiger partial charge in [0, 0.05) is 63.6 Å². The number of likely N-dealkylation sites (tertiary alicyclic amines) is 1. The molecule has 0 radical (unpaired) electrons. The lowest BCUT2D eigenvalue weighted by molar-refractivity contribution is -0.128. The third-order valence-electron chi connectivity index (χ3n) is 5.07. The number of hydrogen-bond acceptors (Lipinski definition) is 2. The first-order chi connectivity index (χ1) is 13.5. The Morgan fingerprint density at radius 2 is 1.97 bits per heavy atom. The quantitative estimate of drug-likeness (QED) is 0.325. The molecule has 0 spiro atoms. The van der Waals surface area contributed by atoms with Gasteiger partial charge in [0.1, 0.15) is 0 Å². The molecule has 3 rings (SSSR count). The molecule has 1 N–H and O–H groups in total. The van der Waals surface area contributed by atoms with Gasteiger partial charge >= 0.3 is 0 Å². The molecule has 1 aliphatic rings. The Balaban J connectivity index is 0.00000300. The highest BCUT2D eigenvalue weighted by Gasteiger charge is 2.19. The van der Waals surface area contributed by atoms with E-state index in [2.05, 4.69) is 72.2 Å². The number of hydrogen-bond donors (Lipinski definition) is 1. The maximum absolute atomic E-state index is 11.8. The van der Waals surface area contributed by atoms with Crippen molar-refractivity contribution in [3.63, 3.8) is 0 Å². The van der Waals surface area contributed by atoms with Crippen molar-refractivity contribution < 1.29 is 4.79 Å². The topological polar surface area (TPSA) is 52.9 Å². The van der Waals surface area contributed by atoms with Crippen LogP contribution in [0.15, 0.2) is 46.0 Å². The molecule has 8 heteroatoms. The van der Waals surface area contributed by atoms with Crippen molar-refractivity contribution in [2.24, 2.45) is 12.0 Å². The van der Waals surface area contributed by atoms with E-state index in [-0.39, 0.29) is 29.9 Å². The highest BCUT2D eigenvalue weighted by molar-refractivity contribution is 14.0. The zero-order valence-electron chi connectivity index (χ0n) is 17.2. The molecule has 1 fully saturated rings. The number of aliphatic imine (C=N–C) groups is 1. The third-order valence-corrected chi connectivity index (χ3v) is 5.50. The first-order valence-electron chi connectivity index (χ1n) is 9.54. The summed E-state index contributed by atoms with van der Waals surface area (Å²) in [5.74, 6) is 1.12. The van der Waals surface area contributed by atoms with Gasteiger partial charge in [-0.25, -0.2) is 0 Å². The molecule has 2 heterocycles. The molecule has 0 bridgehead atoms. The van der Waals surface area contributed by atoms with E-state index in [1.165, 1.54) is 16.8 Å². The van der Waals surface area contributed by atoms with Gasteiger partial charge in [-0.05, 0) is 39.5 Å². The first kappa shape index (κ1) is 23.7. The molecule has 0 aliphatic carbocycles. The van der Waals surface area contributed by atoms with Crippen LogP contribution in [-0.2, 0) is 31.5 Å². The standard InChI is InChI=1S/C21H28BrN5O.HI/c1-23-21(26(3)15-19-11-18(22)14-25(19)2)24-12-16-6-8-17(9-7-16)13-27-10-4-5-20(27)28;/h6-9,11,14H,4-5,10,12-13,15H2,1-3H3,(H,23,24);1H. The van der Waals surface area contributed by atoms with Crippen LogP contribution in [0.4, 0.5) is 0 Å². The van der Waals surface area contributed by atoms with Gasteiger partial charge in [0.25, 0.3) is 0 Å². The average molecular weight is 574 g/mol. The molecular weight excluding hydrogens is 545 g/mol. The Kier molecular flexibility index (Phi) is 9.01. The van der Waals surface area contributed by atoms with Crippen LogP contribution in [0, 0.1) is 0 Å². The van der Waals surface area contributed by atoms with Crippen LogP contribution < -0.4 is 5.32 Å². The van der Waals surface area contributed by atoms with Crippen LogP contribution >= 0.6 is 39.9 Å². The van der Waals surface area contributed by atoms with E-state index in [4.69, 9.17) is 0 Å². The second kappa shape index (κ2) is 11.0. The zero-order valence-corrected chi connectivity index (χ0v) is 21.1. The van der Waals surface area contributed by atoms with E-state index < -0.39 is 0 Å². The molecule has 1 aromatic carbocycles. The Bertz CT molecular complexity index is 849. The third kappa shape index (κ3) is 6.47. The molecular formula is C21H29BrIN5O. The minimum absolute atomic E-state index is 0. The minimum atomic E-state index is 0. The van der Waals surface area contributed by atoms with Crippen LogP contribution in [0.25, 0.3) is 0 Å². The smallest absolute Gasteiger partial charge is 0.222 e. The van der Waals surface area contributed by atoms with Crippen molar-refractivity contribution in [2.45, 2.75) is 32.5 Å². The number of rotatable bonds is 6. The number of aryl methyl sites for hydroxylation is 1. The van der Waals surface area contributed by atoms with Crippen LogP contribution in [0.2, 0.25) is 0 Å². The number of amides is 1. The fourth-order valence-electron chi connectivity index (χ4n) is 3.46. The summed E-state index contributed by atoms with van der Waals surface area (Å²) in [5.41, 5.74) is 3.57. The summed E-state index contributed by atoms with van der Waals surface area (Å²) in [7, 11) is 5.88. The van der Waals surface area contributed by atoms with E-state index in [0.717, 1.165) is 29.9 Å². The van der Waals surface area contributed by atoms with Crippen LogP contribution in [0.3, 0.4) is 0 Å². The molecule has 1 aliphatic heterocycles. The summed E-state index contributed by atoms with van der Waals surface area (Å²) in [6.07, 6.45) is 3.72. The van der Waals surface area contributed by atoms with Crippen LogP contribution in [-0.4, -0.2) is 46.9 Å². The summed E-state index contributed by atoms with van der Waals surface area (Å²) < 4.78 is 3.19. The molecule has 29 heavy (non-hydrogen) atoms.